The minimum Gasteiger partial charge on any atom is -0.506 e. The van der Waals surface area contributed by atoms with E-state index in [2.05, 4.69) is 9.98 Å². The molecule has 0 aliphatic rings. The monoisotopic (exact) mass is 362 g/mol. The lowest BCUT2D eigenvalue weighted by Gasteiger charge is -2.02. The summed E-state index contributed by atoms with van der Waals surface area (Å²) < 4.78 is 5.24. The molecule has 26 heavy (non-hydrogen) atoms. The van der Waals surface area contributed by atoms with Crippen molar-refractivity contribution in [2.75, 3.05) is 0 Å². The van der Waals surface area contributed by atoms with Crippen LogP contribution in [-0.2, 0) is 0 Å². The van der Waals surface area contributed by atoms with Gasteiger partial charge in [-0.05, 0) is 31.2 Å². The minimum absolute atomic E-state index is 0.0265. The number of hydrogen-bond donors (Lipinski definition) is 1. The number of fused-ring (bicyclic) bond motifs is 1. The van der Waals surface area contributed by atoms with Gasteiger partial charge in [0, 0.05) is 17.2 Å². The molecule has 0 aliphatic heterocycles. The van der Waals surface area contributed by atoms with Crippen LogP contribution in [0.25, 0.3) is 22.2 Å². The van der Waals surface area contributed by atoms with Crippen molar-refractivity contribution in [1.82, 2.24) is 4.98 Å². The van der Waals surface area contributed by atoms with E-state index in [1.807, 2.05) is 36.6 Å². The SMILES string of the molecule is Cc1nc(-c2cccc(N=Cc3c(O)c4ccccc4oc3=O)c2)cs1. The standard InChI is InChI=1S/C20H14N2O3S/c1-12-22-17(11-26-12)13-5-4-6-14(9-13)21-10-16-19(23)15-7-2-3-8-18(15)25-20(16)24/h2-11,23H,1H3. The molecule has 5 nitrogen and oxygen atoms in total. The van der Waals surface area contributed by atoms with Crippen LogP contribution in [0.3, 0.4) is 0 Å². The Morgan fingerprint density at radius 1 is 1.19 bits per heavy atom. The second-order valence-corrected chi connectivity index (χ2v) is 6.77. The van der Waals surface area contributed by atoms with Crippen LogP contribution in [-0.4, -0.2) is 16.3 Å². The molecule has 0 atom stereocenters. The Morgan fingerprint density at radius 3 is 2.85 bits per heavy atom. The van der Waals surface area contributed by atoms with Crippen molar-refractivity contribution < 1.29 is 9.52 Å². The zero-order chi connectivity index (χ0) is 18.1. The van der Waals surface area contributed by atoms with Crippen LogP contribution in [0.2, 0.25) is 0 Å². The van der Waals surface area contributed by atoms with Crippen molar-refractivity contribution in [3.63, 3.8) is 0 Å². The Labute approximate surface area is 152 Å². The van der Waals surface area contributed by atoms with Gasteiger partial charge in [-0.2, -0.15) is 0 Å². The van der Waals surface area contributed by atoms with E-state index < -0.39 is 5.63 Å². The van der Waals surface area contributed by atoms with Crippen molar-refractivity contribution in [2.24, 2.45) is 4.99 Å². The number of rotatable bonds is 3. The summed E-state index contributed by atoms with van der Waals surface area (Å²) >= 11 is 1.58. The fraction of sp³-hybridized carbons (Fsp3) is 0.0500. The molecule has 6 heteroatoms. The zero-order valence-corrected chi connectivity index (χ0v) is 14.7. The van der Waals surface area contributed by atoms with Crippen molar-refractivity contribution in [3.8, 4) is 17.0 Å². The third kappa shape index (κ3) is 3.02. The van der Waals surface area contributed by atoms with E-state index in [0.29, 0.717) is 16.7 Å². The van der Waals surface area contributed by atoms with Crippen LogP contribution in [0, 0.1) is 6.92 Å². The molecule has 0 bridgehead atoms. The number of aromatic hydroxyl groups is 1. The van der Waals surface area contributed by atoms with Gasteiger partial charge in [0.05, 0.1) is 21.8 Å². The summed E-state index contributed by atoms with van der Waals surface area (Å²) in [4.78, 5) is 20.9. The summed E-state index contributed by atoms with van der Waals surface area (Å²) in [6.07, 6.45) is 1.33. The van der Waals surface area contributed by atoms with Gasteiger partial charge in [-0.15, -0.1) is 11.3 Å². The van der Waals surface area contributed by atoms with Crippen LogP contribution in [0.1, 0.15) is 10.6 Å². The lowest BCUT2D eigenvalue weighted by atomic mass is 10.1. The average molecular weight is 362 g/mol. The third-order valence-corrected chi connectivity index (χ3v) is 4.70. The summed E-state index contributed by atoms with van der Waals surface area (Å²) in [7, 11) is 0. The molecular weight excluding hydrogens is 348 g/mol. The van der Waals surface area contributed by atoms with Crippen LogP contribution in [0.15, 0.2) is 68.1 Å². The number of aliphatic imine (C=N–C) groups is 1. The fourth-order valence-electron chi connectivity index (χ4n) is 2.64. The number of para-hydroxylation sites is 1. The minimum atomic E-state index is -0.628. The molecule has 0 unspecified atom stereocenters. The molecule has 4 aromatic rings. The maximum absolute atomic E-state index is 12.1. The number of benzene rings is 2. The molecular formula is C20H14N2O3S. The number of aromatic nitrogens is 1. The molecule has 128 valence electrons. The molecule has 0 fully saturated rings. The molecule has 0 amide bonds. The summed E-state index contributed by atoms with van der Waals surface area (Å²) in [6, 6.07) is 14.4. The maximum atomic E-state index is 12.1. The average Bonchev–Trinajstić information content (AvgIpc) is 3.08. The molecule has 1 N–H and O–H groups in total. The van der Waals surface area contributed by atoms with Gasteiger partial charge in [0.25, 0.3) is 0 Å². The number of thiazole rings is 1. The van der Waals surface area contributed by atoms with Gasteiger partial charge < -0.3 is 9.52 Å². The molecule has 0 radical (unpaired) electrons. The van der Waals surface area contributed by atoms with E-state index in [-0.39, 0.29) is 11.3 Å². The number of aryl methyl sites for hydroxylation is 1. The van der Waals surface area contributed by atoms with Crippen LogP contribution in [0.5, 0.6) is 5.75 Å². The first-order valence-electron chi connectivity index (χ1n) is 7.93. The summed E-state index contributed by atoms with van der Waals surface area (Å²) in [5, 5.41) is 13.8. The second kappa shape index (κ2) is 6.57. The fourth-order valence-corrected chi connectivity index (χ4v) is 3.26. The van der Waals surface area contributed by atoms with Crippen molar-refractivity contribution in [3.05, 3.63) is 74.9 Å². The van der Waals surface area contributed by atoms with Crippen LogP contribution < -0.4 is 5.63 Å². The first-order chi connectivity index (χ1) is 12.6. The normalized spacial score (nSPS) is 11.4. The molecule has 2 heterocycles. The summed E-state index contributed by atoms with van der Waals surface area (Å²) in [5.41, 5.74) is 2.22. The van der Waals surface area contributed by atoms with Crippen molar-refractivity contribution in [2.45, 2.75) is 6.92 Å². The Hall–Kier alpha value is -3.25. The molecule has 0 saturated heterocycles. The Kier molecular flexibility index (Phi) is 4.10. The molecule has 0 saturated carbocycles. The lowest BCUT2D eigenvalue weighted by molar-refractivity contribution is 0.466. The highest BCUT2D eigenvalue weighted by molar-refractivity contribution is 7.09. The Bertz CT molecular complexity index is 1190. The van der Waals surface area contributed by atoms with Crippen molar-refractivity contribution in [1.29, 1.82) is 0 Å². The first kappa shape index (κ1) is 16.2. The molecule has 2 aromatic carbocycles. The van der Waals surface area contributed by atoms with Gasteiger partial charge in [0.1, 0.15) is 16.9 Å². The third-order valence-electron chi connectivity index (χ3n) is 3.92. The highest BCUT2D eigenvalue weighted by atomic mass is 32.1. The summed E-state index contributed by atoms with van der Waals surface area (Å²) in [6.45, 7) is 1.96. The van der Waals surface area contributed by atoms with E-state index in [1.54, 1.807) is 35.6 Å². The molecule has 2 aromatic heterocycles. The number of nitrogens with zero attached hydrogens (tertiary/aromatic N) is 2. The maximum Gasteiger partial charge on any atom is 0.348 e. The molecule has 0 aliphatic carbocycles. The van der Waals surface area contributed by atoms with Gasteiger partial charge in [0.15, 0.2) is 0 Å². The van der Waals surface area contributed by atoms with E-state index in [4.69, 9.17) is 4.42 Å². The molecule has 0 spiro atoms. The summed E-state index contributed by atoms with van der Waals surface area (Å²) in [5.74, 6) is -0.133. The van der Waals surface area contributed by atoms with Gasteiger partial charge in [-0.1, -0.05) is 24.3 Å². The largest absolute Gasteiger partial charge is 0.506 e. The quantitative estimate of drug-likeness (QED) is 0.424. The van der Waals surface area contributed by atoms with E-state index in [9.17, 15) is 9.90 Å². The number of hydrogen-bond acceptors (Lipinski definition) is 6. The first-order valence-corrected chi connectivity index (χ1v) is 8.81. The lowest BCUT2D eigenvalue weighted by Crippen LogP contribution is -2.06. The Balaban J connectivity index is 1.73. The highest BCUT2D eigenvalue weighted by Crippen LogP contribution is 2.27. The van der Waals surface area contributed by atoms with E-state index >= 15 is 0 Å². The smallest absolute Gasteiger partial charge is 0.348 e. The van der Waals surface area contributed by atoms with Crippen LogP contribution in [0.4, 0.5) is 5.69 Å². The van der Waals surface area contributed by atoms with E-state index in [0.717, 1.165) is 16.3 Å². The van der Waals surface area contributed by atoms with Gasteiger partial charge in [0.2, 0.25) is 0 Å². The van der Waals surface area contributed by atoms with Crippen LogP contribution >= 0.6 is 11.3 Å². The van der Waals surface area contributed by atoms with Crippen molar-refractivity contribution >= 4 is 34.2 Å². The topological polar surface area (TPSA) is 75.7 Å². The predicted octanol–water partition coefficient (Wildman–Crippen LogP) is 4.68. The highest BCUT2D eigenvalue weighted by Gasteiger charge is 2.11. The van der Waals surface area contributed by atoms with Gasteiger partial charge >= 0.3 is 5.63 Å². The van der Waals surface area contributed by atoms with Gasteiger partial charge in [-0.25, -0.2) is 9.78 Å². The second-order valence-electron chi connectivity index (χ2n) is 5.71. The van der Waals surface area contributed by atoms with E-state index in [1.165, 1.54) is 6.21 Å². The zero-order valence-electron chi connectivity index (χ0n) is 13.8. The van der Waals surface area contributed by atoms with Gasteiger partial charge in [-0.3, -0.25) is 4.99 Å². The predicted molar refractivity (Wildman–Crippen MR) is 104 cm³/mol. The molecule has 4 rings (SSSR count). The Morgan fingerprint density at radius 2 is 2.04 bits per heavy atom.